The third-order valence-electron chi connectivity index (χ3n) is 3.15. The van der Waals surface area contributed by atoms with Gasteiger partial charge in [0.05, 0.1) is 12.6 Å². The number of ether oxygens (including phenoxy) is 1. The lowest BCUT2D eigenvalue weighted by molar-refractivity contribution is -0.115. The lowest BCUT2D eigenvalue weighted by atomic mass is 10.2. The number of carbonyl (C=O) groups is 1. The molecule has 1 aromatic rings. The maximum atomic E-state index is 13.8. The first-order valence-electron chi connectivity index (χ1n) is 6.59. The van der Waals surface area contributed by atoms with Gasteiger partial charge in [-0.15, -0.1) is 12.4 Å². The van der Waals surface area contributed by atoms with Gasteiger partial charge in [-0.05, 0) is 44.9 Å². The monoisotopic (exact) mass is 302 g/mol. The summed E-state index contributed by atoms with van der Waals surface area (Å²) in [6.07, 6.45) is 4.38. The van der Waals surface area contributed by atoms with Crippen LogP contribution in [0.1, 0.15) is 25.7 Å². The van der Waals surface area contributed by atoms with Gasteiger partial charge in [0.1, 0.15) is 0 Å². The van der Waals surface area contributed by atoms with E-state index in [0.717, 1.165) is 25.7 Å². The summed E-state index contributed by atoms with van der Waals surface area (Å²) in [7, 11) is 1.68. The fourth-order valence-electron chi connectivity index (χ4n) is 2.23. The van der Waals surface area contributed by atoms with Crippen molar-refractivity contribution in [2.45, 2.75) is 31.8 Å². The average molecular weight is 303 g/mol. The van der Waals surface area contributed by atoms with E-state index in [1.807, 2.05) is 0 Å². The second-order valence-electron chi connectivity index (χ2n) is 4.75. The Labute approximate surface area is 124 Å². The highest BCUT2D eigenvalue weighted by atomic mass is 35.5. The van der Waals surface area contributed by atoms with E-state index in [0.29, 0.717) is 5.69 Å². The van der Waals surface area contributed by atoms with Gasteiger partial charge in [0, 0.05) is 11.8 Å². The molecule has 112 valence electrons. The van der Waals surface area contributed by atoms with Crippen LogP contribution in [0.25, 0.3) is 0 Å². The molecule has 0 aliphatic heterocycles. The van der Waals surface area contributed by atoms with Crippen molar-refractivity contribution in [3.63, 3.8) is 0 Å². The standard InChI is InChI=1S/C14H19FN2O2.ClH/c1-16-9-14(18)17-10-6-7-13(12(15)8-10)19-11-4-2-3-5-11;/h6-8,11,16H,2-5,9H2,1H3,(H,17,18);1H. The molecular weight excluding hydrogens is 283 g/mol. The van der Waals surface area contributed by atoms with E-state index in [9.17, 15) is 9.18 Å². The Morgan fingerprint density at radius 2 is 2.10 bits per heavy atom. The molecule has 0 unspecified atom stereocenters. The first kappa shape index (κ1) is 16.7. The third-order valence-corrected chi connectivity index (χ3v) is 3.15. The second kappa shape index (κ2) is 8.07. The van der Waals surface area contributed by atoms with Gasteiger partial charge < -0.3 is 15.4 Å². The minimum atomic E-state index is -0.436. The molecule has 0 heterocycles. The zero-order valence-electron chi connectivity index (χ0n) is 11.4. The van der Waals surface area contributed by atoms with Gasteiger partial charge in [-0.3, -0.25) is 4.79 Å². The molecule has 2 rings (SSSR count). The molecule has 0 atom stereocenters. The summed E-state index contributed by atoms with van der Waals surface area (Å²) in [6, 6.07) is 4.52. The number of hydrogen-bond acceptors (Lipinski definition) is 3. The maximum absolute atomic E-state index is 13.8. The number of amides is 1. The zero-order valence-corrected chi connectivity index (χ0v) is 12.3. The normalized spacial score (nSPS) is 14.7. The molecule has 6 heteroatoms. The fourth-order valence-corrected chi connectivity index (χ4v) is 2.23. The minimum Gasteiger partial charge on any atom is -0.487 e. The van der Waals surface area contributed by atoms with Crippen LogP contribution in [0.4, 0.5) is 10.1 Å². The van der Waals surface area contributed by atoms with Crippen molar-refractivity contribution in [3.05, 3.63) is 24.0 Å². The van der Waals surface area contributed by atoms with Crippen molar-refractivity contribution in [2.75, 3.05) is 18.9 Å². The van der Waals surface area contributed by atoms with Crippen LogP contribution < -0.4 is 15.4 Å². The van der Waals surface area contributed by atoms with E-state index in [1.165, 1.54) is 6.07 Å². The van der Waals surface area contributed by atoms with Crippen molar-refractivity contribution in [2.24, 2.45) is 0 Å². The van der Waals surface area contributed by atoms with Crippen molar-refractivity contribution >= 4 is 24.0 Å². The van der Waals surface area contributed by atoms with E-state index in [2.05, 4.69) is 10.6 Å². The van der Waals surface area contributed by atoms with Gasteiger partial charge in [-0.2, -0.15) is 0 Å². The predicted octanol–water partition coefficient (Wildman–Crippen LogP) is 2.73. The molecule has 1 fully saturated rings. The maximum Gasteiger partial charge on any atom is 0.238 e. The van der Waals surface area contributed by atoms with Gasteiger partial charge in [-0.25, -0.2) is 4.39 Å². The van der Waals surface area contributed by atoms with Crippen molar-refractivity contribution < 1.29 is 13.9 Å². The Balaban J connectivity index is 0.00000200. The molecule has 1 aliphatic rings. The van der Waals surface area contributed by atoms with Gasteiger partial charge >= 0.3 is 0 Å². The lowest BCUT2D eigenvalue weighted by Gasteiger charge is -2.14. The van der Waals surface area contributed by atoms with Gasteiger partial charge in [0.2, 0.25) is 5.91 Å². The number of nitrogens with one attached hydrogen (secondary N) is 2. The summed E-state index contributed by atoms with van der Waals surface area (Å²) in [6.45, 7) is 0.196. The quantitative estimate of drug-likeness (QED) is 0.879. The number of rotatable bonds is 5. The summed E-state index contributed by atoms with van der Waals surface area (Å²) < 4.78 is 19.5. The van der Waals surface area contributed by atoms with Gasteiger partial charge in [0.15, 0.2) is 11.6 Å². The second-order valence-corrected chi connectivity index (χ2v) is 4.75. The third kappa shape index (κ3) is 4.65. The average Bonchev–Trinajstić information content (AvgIpc) is 2.86. The summed E-state index contributed by atoms with van der Waals surface area (Å²) >= 11 is 0. The molecule has 1 aliphatic carbocycles. The van der Waals surface area contributed by atoms with Gasteiger partial charge in [0.25, 0.3) is 0 Å². The SMILES string of the molecule is CNCC(=O)Nc1ccc(OC2CCCC2)c(F)c1.Cl. The topological polar surface area (TPSA) is 50.4 Å². The smallest absolute Gasteiger partial charge is 0.238 e. The molecule has 0 radical (unpaired) electrons. The molecule has 2 N–H and O–H groups in total. The minimum absolute atomic E-state index is 0. The number of hydrogen-bond donors (Lipinski definition) is 2. The van der Waals surface area contributed by atoms with E-state index < -0.39 is 5.82 Å². The first-order chi connectivity index (χ1) is 9.19. The van der Waals surface area contributed by atoms with E-state index in [4.69, 9.17) is 4.74 Å². The molecule has 0 aromatic heterocycles. The van der Waals surface area contributed by atoms with Crippen LogP contribution in [0.3, 0.4) is 0 Å². The van der Waals surface area contributed by atoms with Crippen molar-refractivity contribution in [3.8, 4) is 5.75 Å². The Hall–Kier alpha value is -1.33. The molecule has 0 saturated heterocycles. The summed E-state index contributed by atoms with van der Waals surface area (Å²) in [5.41, 5.74) is 0.441. The molecule has 0 bridgehead atoms. The largest absolute Gasteiger partial charge is 0.487 e. The van der Waals surface area contributed by atoms with Crippen molar-refractivity contribution in [1.82, 2.24) is 5.32 Å². The highest BCUT2D eigenvalue weighted by Crippen LogP contribution is 2.27. The Morgan fingerprint density at radius 1 is 1.40 bits per heavy atom. The van der Waals surface area contributed by atoms with Crippen LogP contribution in [0.15, 0.2) is 18.2 Å². The fraction of sp³-hybridized carbons (Fsp3) is 0.500. The number of carbonyl (C=O) groups excluding carboxylic acids is 1. The Bertz CT molecular complexity index is 451. The lowest BCUT2D eigenvalue weighted by Crippen LogP contribution is -2.25. The van der Waals surface area contributed by atoms with E-state index in [-0.39, 0.29) is 36.7 Å². The molecule has 0 spiro atoms. The highest BCUT2D eigenvalue weighted by Gasteiger charge is 2.18. The molecule has 1 amide bonds. The van der Waals surface area contributed by atoms with Crippen LogP contribution in [0.2, 0.25) is 0 Å². The predicted molar refractivity (Wildman–Crippen MR) is 79.1 cm³/mol. The first-order valence-corrected chi connectivity index (χ1v) is 6.59. The van der Waals surface area contributed by atoms with E-state index >= 15 is 0 Å². The van der Waals surface area contributed by atoms with Gasteiger partial charge in [-0.1, -0.05) is 0 Å². The number of halogens is 2. The Morgan fingerprint density at radius 3 is 2.70 bits per heavy atom. The van der Waals surface area contributed by atoms with Crippen molar-refractivity contribution in [1.29, 1.82) is 0 Å². The number of likely N-dealkylation sites (N-methyl/N-ethyl adjacent to an activating group) is 1. The molecular formula is C14H20ClFN2O2. The number of benzene rings is 1. The highest BCUT2D eigenvalue weighted by molar-refractivity contribution is 5.92. The molecule has 20 heavy (non-hydrogen) atoms. The zero-order chi connectivity index (χ0) is 13.7. The van der Waals surface area contributed by atoms with Crippen LogP contribution in [-0.4, -0.2) is 25.6 Å². The molecule has 1 aromatic carbocycles. The van der Waals surface area contributed by atoms with Crippen LogP contribution in [-0.2, 0) is 4.79 Å². The molecule has 4 nitrogen and oxygen atoms in total. The summed E-state index contributed by atoms with van der Waals surface area (Å²) in [5, 5.41) is 5.34. The Kier molecular flexibility index (Phi) is 6.75. The van der Waals surface area contributed by atoms with Crippen LogP contribution >= 0.6 is 12.4 Å². The number of anilines is 1. The molecule has 1 saturated carbocycles. The summed E-state index contributed by atoms with van der Waals surface area (Å²) in [4.78, 5) is 11.4. The summed E-state index contributed by atoms with van der Waals surface area (Å²) in [5.74, 6) is -0.376. The van der Waals surface area contributed by atoms with E-state index in [1.54, 1.807) is 19.2 Å². The van der Waals surface area contributed by atoms with Crippen LogP contribution in [0, 0.1) is 5.82 Å². The van der Waals surface area contributed by atoms with Crippen LogP contribution in [0.5, 0.6) is 5.75 Å².